The van der Waals surface area contributed by atoms with Crippen LogP contribution in [0.25, 0.3) is 0 Å². The largest absolute Gasteiger partial charge is 0.346 e. The molecule has 8 heteroatoms. The van der Waals surface area contributed by atoms with Gasteiger partial charge in [-0.1, -0.05) is 6.92 Å². The highest BCUT2D eigenvalue weighted by Crippen LogP contribution is 2.23. The average Bonchev–Trinajstić information content (AvgIpc) is 2.78. The predicted octanol–water partition coefficient (Wildman–Crippen LogP) is 3.07. The first-order valence-corrected chi connectivity index (χ1v) is 7.35. The maximum Gasteiger partial charge on any atom is 0.263 e. The summed E-state index contributed by atoms with van der Waals surface area (Å²) in [7, 11) is 0. The van der Waals surface area contributed by atoms with Crippen LogP contribution in [-0.4, -0.2) is 15.9 Å². The predicted molar refractivity (Wildman–Crippen MR) is 74.5 cm³/mol. The second-order valence-electron chi connectivity index (χ2n) is 3.86. The monoisotopic (exact) mass is 361 g/mol. The van der Waals surface area contributed by atoms with Crippen LogP contribution < -0.4 is 5.32 Å². The van der Waals surface area contributed by atoms with E-state index < -0.39 is 11.6 Å². The Morgan fingerprint density at radius 1 is 1.45 bits per heavy atom. The zero-order chi connectivity index (χ0) is 14.7. The first kappa shape index (κ1) is 15.0. The number of rotatable bonds is 4. The summed E-state index contributed by atoms with van der Waals surface area (Å²) in [6.45, 7) is 1.78. The van der Waals surface area contributed by atoms with Crippen LogP contribution in [0.2, 0.25) is 0 Å². The molecule has 2 aromatic rings. The van der Waals surface area contributed by atoms with E-state index in [0.717, 1.165) is 12.3 Å². The Balaban J connectivity index is 2.08. The van der Waals surface area contributed by atoms with Gasteiger partial charge in [0.2, 0.25) is 0 Å². The molecule has 1 N–H and O–H groups in total. The van der Waals surface area contributed by atoms with Gasteiger partial charge in [-0.25, -0.2) is 13.8 Å². The van der Waals surface area contributed by atoms with Crippen molar-refractivity contribution in [2.24, 2.45) is 0 Å². The number of thiazole rings is 1. The number of halogens is 3. The lowest BCUT2D eigenvalue weighted by Crippen LogP contribution is -2.24. The van der Waals surface area contributed by atoms with Crippen molar-refractivity contribution in [2.45, 2.75) is 19.9 Å². The second kappa shape index (κ2) is 6.36. The molecule has 1 amide bonds. The fourth-order valence-electron chi connectivity index (χ4n) is 1.56. The molecule has 4 nitrogen and oxygen atoms in total. The minimum Gasteiger partial charge on any atom is -0.346 e. The Labute approximate surface area is 126 Å². The number of pyridine rings is 1. The zero-order valence-electron chi connectivity index (χ0n) is 10.4. The van der Waals surface area contributed by atoms with E-state index in [0.29, 0.717) is 20.9 Å². The van der Waals surface area contributed by atoms with E-state index in [4.69, 9.17) is 0 Å². The van der Waals surface area contributed by atoms with Crippen LogP contribution in [0.5, 0.6) is 0 Å². The van der Waals surface area contributed by atoms with Crippen molar-refractivity contribution in [1.29, 1.82) is 0 Å². The Bertz CT molecular complexity index is 648. The Morgan fingerprint density at radius 2 is 2.20 bits per heavy atom. The van der Waals surface area contributed by atoms with E-state index >= 15 is 0 Å². The molecular formula is C12H10BrF2N3OS. The Morgan fingerprint density at radius 3 is 2.85 bits per heavy atom. The molecule has 0 unspecified atom stereocenters. The van der Waals surface area contributed by atoms with Gasteiger partial charge >= 0.3 is 0 Å². The molecule has 0 saturated heterocycles. The number of hydrogen-bond donors (Lipinski definition) is 1. The SMILES string of the molecule is CCc1nc(Br)sc1C(=O)NCc1ncc(F)cc1F. The minimum atomic E-state index is -0.786. The van der Waals surface area contributed by atoms with Gasteiger partial charge in [-0.05, 0) is 22.4 Å². The van der Waals surface area contributed by atoms with Gasteiger partial charge in [0.15, 0.2) is 3.92 Å². The lowest BCUT2D eigenvalue weighted by atomic mass is 10.3. The number of hydrogen-bond acceptors (Lipinski definition) is 4. The summed E-state index contributed by atoms with van der Waals surface area (Å²) in [5, 5.41) is 2.55. The molecule has 2 aromatic heterocycles. The highest BCUT2D eigenvalue weighted by Gasteiger charge is 2.16. The van der Waals surface area contributed by atoms with E-state index in [9.17, 15) is 13.6 Å². The molecule has 2 heterocycles. The number of carbonyl (C=O) groups is 1. The summed E-state index contributed by atoms with van der Waals surface area (Å²) >= 11 is 4.43. The van der Waals surface area contributed by atoms with Gasteiger partial charge in [-0.2, -0.15) is 0 Å². The molecule has 0 bridgehead atoms. The molecule has 106 valence electrons. The molecule has 0 aliphatic heterocycles. The van der Waals surface area contributed by atoms with E-state index in [-0.39, 0.29) is 18.1 Å². The Kier molecular flexibility index (Phi) is 4.77. The van der Waals surface area contributed by atoms with Gasteiger partial charge in [0, 0.05) is 6.07 Å². The van der Waals surface area contributed by atoms with Gasteiger partial charge in [0.25, 0.3) is 5.91 Å². The van der Waals surface area contributed by atoms with Crippen molar-refractivity contribution in [3.05, 3.63) is 44.1 Å². The first-order chi connectivity index (χ1) is 9.51. The van der Waals surface area contributed by atoms with Crippen LogP contribution in [-0.2, 0) is 13.0 Å². The van der Waals surface area contributed by atoms with Crippen molar-refractivity contribution in [1.82, 2.24) is 15.3 Å². The maximum atomic E-state index is 13.4. The average molecular weight is 362 g/mol. The van der Waals surface area contributed by atoms with Crippen LogP contribution in [0.1, 0.15) is 28.0 Å². The molecule has 0 atom stereocenters. The third-order valence-corrected chi connectivity index (χ3v) is 4.06. The van der Waals surface area contributed by atoms with Gasteiger partial charge in [0.05, 0.1) is 24.1 Å². The lowest BCUT2D eigenvalue weighted by molar-refractivity contribution is 0.0953. The molecule has 0 aliphatic rings. The maximum absolute atomic E-state index is 13.4. The molecule has 0 aromatic carbocycles. The summed E-state index contributed by atoms with van der Waals surface area (Å²) in [5.41, 5.74) is 0.660. The smallest absolute Gasteiger partial charge is 0.263 e. The summed E-state index contributed by atoms with van der Waals surface area (Å²) in [6, 6.07) is 0.731. The van der Waals surface area contributed by atoms with Crippen LogP contribution in [0, 0.1) is 11.6 Å². The summed E-state index contributed by atoms with van der Waals surface area (Å²) in [4.78, 5) is 20.3. The minimum absolute atomic E-state index is 0.0126. The highest BCUT2D eigenvalue weighted by molar-refractivity contribution is 9.11. The van der Waals surface area contributed by atoms with Crippen molar-refractivity contribution < 1.29 is 13.6 Å². The normalized spacial score (nSPS) is 10.6. The number of carbonyl (C=O) groups excluding carboxylic acids is 1. The summed E-state index contributed by atoms with van der Waals surface area (Å²) in [6.07, 6.45) is 1.53. The van der Waals surface area contributed by atoms with E-state index in [1.807, 2.05) is 6.92 Å². The fraction of sp³-hybridized carbons (Fsp3) is 0.250. The zero-order valence-corrected chi connectivity index (χ0v) is 12.8. The molecule has 0 radical (unpaired) electrons. The van der Waals surface area contributed by atoms with E-state index in [1.54, 1.807) is 0 Å². The molecule has 2 rings (SSSR count). The number of nitrogens with one attached hydrogen (secondary N) is 1. The molecular weight excluding hydrogens is 352 g/mol. The molecule has 0 aliphatic carbocycles. The Hall–Kier alpha value is -1.41. The van der Waals surface area contributed by atoms with Crippen LogP contribution in [0.15, 0.2) is 16.2 Å². The second-order valence-corrected chi connectivity index (χ2v) is 6.14. The van der Waals surface area contributed by atoms with Gasteiger partial charge in [-0.15, -0.1) is 11.3 Å². The van der Waals surface area contributed by atoms with Crippen LogP contribution >= 0.6 is 27.3 Å². The number of aryl methyl sites for hydroxylation is 1. The third-order valence-electron chi connectivity index (χ3n) is 2.51. The molecule has 0 fully saturated rings. The van der Waals surface area contributed by atoms with E-state index in [1.165, 1.54) is 11.3 Å². The quantitative estimate of drug-likeness (QED) is 0.910. The van der Waals surface area contributed by atoms with Gasteiger partial charge < -0.3 is 5.32 Å². The number of amides is 1. The van der Waals surface area contributed by atoms with Gasteiger partial charge in [-0.3, -0.25) is 9.78 Å². The summed E-state index contributed by atoms with van der Waals surface area (Å²) in [5.74, 6) is -1.89. The van der Waals surface area contributed by atoms with Crippen LogP contribution in [0.4, 0.5) is 8.78 Å². The molecule has 0 saturated carbocycles. The van der Waals surface area contributed by atoms with E-state index in [2.05, 4.69) is 31.2 Å². The first-order valence-electron chi connectivity index (χ1n) is 5.74. The van der Waals surface area contributed by atoms with Crippen molar-refractivity contribution >= 4 is 33.2 Å². The third kappa shape index (κ3) is 3.37. The lowest BCUT2D eigenvalue weighted by Gasteiger charge is -2.05. The van der Waals surface area contributed by atoms with Crippen molar-refractivity contribution in [3.8, 4) is 0 Å². The fourth-order valence-corrected chi connectivity index (χ4v) is 3.05. The van der Waals surface area contributed by atoms with Crippen LogP contribution in [0.3, 0.4) is 0 Å². The van der Waals surface area contributed by atoms with Crippen molar-refractivity contribution in [2.75, 3.05) is 0 Å². The molecule has 0 spiro atoms. The number of nitrogens with zero attached hydrogens (tertiary/aromatic N) is 2. The topological polar surface area (TPSA) is 54.9 Å². The van der Waals surface area contributed by atoms with Crippen molar-refractivity contribution in [3.63, 3.8) is 0 Å². The highest BCUT2D eigenvalue weighted by atomic mass is 79.9. The molecule has 20 heavy (non-hydrogen) atoms. The van der Waals surface area contributed by atoms with Gasteiger partial charge in [0.1, 0.15) is 16.5 Å². The summed E-state index contributed by atoms with van der Waals surface area (Å²) < 4.78 is 26.7. The standard InChI is InChI=1S/C12H10BrF2N3OS/c1-2-8-10(20-12(13)18-8)11(19)17-5-9-7(15)3-6(14)4-16-9/h3-4H,2,5H2,1H3,(H,17,19). The number of aromatic nitrogens is 2.